The van der Waals surface area contributed by atoms with Crippen LogP contribution >= 0.6 is 0 Å². The first-order chi connectivity index (χ1) is 10.8. The topological polar surface area (TPSA) is 64.6 Å². The van der Waals surface area contributed by atoms with Crippen LogP contribution in [0.15, 0.2) is 0 Å². The van der Waals surface area contributed by atoms with Gasteiger partial charge in [-0.3, -0.25) is 0 Å². The van der Waals surface area contributed by atoms with Gasteiger partial charge in [0.15, 0.2) is 6.29 Å². The molecule has 1 heterocycles. The van der Waals surface area contributed by atoms with Crippen molar-refractivity contribution in [2.24, 2.45) is 23.2 Å². The highest BCUT2D eigenvalue weighted by atomic mass is 32.2. The Hall–Kier alpha value is -0.170. The van der Waals surface area contributed by atoms with E-state index < -0.39 is 10.0 Å². The van der Waals surface area contributed by atoms with E-state index in [-0.39, 0.29) is 12.3 Å². The molecule has 0 aromatic rings. The van der Waals surface area contributed by atoms with Gasteiger partial charge in [0.1, 0.15) is 0 Å². The van der Waals surface area contributed by atoms with Gasteiger partial charge in [-0.15, -0.1) is 0 Å². The smallest absolute Gasteiger partial charge is 0.208 e. The molecule has 3 aliphatic carbocycles. The van der Waals surface area contributed by atoms with Gasteiger partial charge in [-0.25, -0.2) is 13.1 Å². The van der Waals surface area contributed by atoms with E-state index in [1.807, 2.05) is 0 Å². The first-order valence-corrected chi connectivity index (χ1v) is 10.9. The van der Waals surface area contributed by atoms with E-state index in [4.69, 9.17) is 9.47 Å². The summed E-state index contributed by atoms with van der Waals surface area (Å²) in [6.45, 7) is 6.12. The summed E-state index contributed by atoms with van der Waals surface area (Å²) in [5, 5.41) is 0. The lowest BCUT2D eigenvalue weighted by Gasteiger charge is -2.62. The summed E-state index contributed by atoms with van der Waals surface area (Å²) in [5.74, 6) is 1.61. The van der Waals surface area contributed by atoms with Crippen LogP contribution in [0.3, 0.4) is 0 Å². The van der Waals surface area contributed by atoms with E-state index in [1.54, 1.807) is 0 Å². The highest BCUT2D eigenvalue weighted by molar-refractivity contribution is 7.88. The molecule has 2 bridgehead atoms. The second kappa shape index (κ2) is 6.62. The number of rotatable bonds is 6. The van der Waals surface area contributed by atoms with Crippen molar-refractivity contribution in [3.8, 4) is 0 Å². The van der Waals surface area contributed by atoms with Crippen LogP contribution in [0.1, 0.15) is 52.4 Å². The normalized spacial score (nSPS) is 39.7. The number of hydrogen-bond acceptors (Lipinski definition) is 4. The first-order valence-electron chi connectivity index (χ1n) is 8.98. The molecule has 4 aliphatic rings. The first kappa shape index (κ1) is 17.6. The third kappa shape index (κ3) is 3.91. The zero-order chi connectivity index (χ0) is 16.7. The quantitative estimate of drug-likeness (QED) is 0.803. The third-order valence-corrected chi connectivity index (χ3v) is 7.11. The lowest BCUT2D eigenvalue weighted by atomic mass is 9.44. The van der Waals surface area contributed by atoms with Crippen LogP contribution in [0, 0.1) is 23.2 Å². The van der Waals surface area contributed by atoms with Crippen LogP contribution in [0.25, 0.3) is 0 Å². The van der Waals surface area contributed by atoms with Crippen LogP contribution < -0.4 is 4.72 Å². The molecule has 4 fully saturated rings. The zero-order valence-corrected chi connectivity index (χ0v) is 15.4. The summed E-state index contributed by atoms with van der Waals surface area (Å²) in [5.41, 5.74) is 0.335. The Labute approximate surface area is 140 Å². The summed E-state index contributed by atoms with van der Waals surface area (Å²) in [4.78, 5) is 0. The van der Waals surface area contributed by atoms with Gasteiger partial charge in [0.2, 0.25) is 10.0 Å². The van der Waals surface area contributed by atoms with E-state index in [2.05, 4.69) is 18.6 Å². The zero-order valence-electron chi connectivity index (χ0n) is 14.6. The van der Waals surface area contributed by atoms with Crippen molar-refractivity contribution in [1.29, 1.82) is 0 Å². The van der Waals surface area contributed by atoms with Gasteiger partial charge in [-0.05, 0) is 61.7 Å². The monoisotopic (exact) mass is 345 g/mol. The van der Waals surface area contributed by atoms with Crippen LogP contribution in [-0.4, -0.2) is 40.2 Å². The van der Waals surface area contributed by atoms with Crippen molar-refractivity contribution in [3.05, 3.63) is 0 Å². The Kier molecular flexibility index (Phi) is 5.08. The molecule has 0 aromatic heterocycles. The van der Waals surface area contributed by atoms with Crippen molar-refractivity contribution < 1.29 is 17.9 Å². The van der Waals surface area contributed by atoms with Gasteiger partial charge < -0.3 is 9.47 Å². The van der Waals surface area contributed by atoms with Gasteiger partial charge in [0.25, 0.3) is 0 Å². The molecule has 3 saturated carbocycles. The van der Waals surface area contributed by atoms with Gasteiger partial charge >= 0.3 is 0 Å². The van der Waals surface area contributed by atoms with E-state index in [0.717, 1.165) is 32.3 Å². The molecule has 1 saturated heterocycles. The maximum absolute atomic E-state index is 11.7. The molecule has 23 heavy (non-hydrogen) atoms. The predicted molar refractivity (Wildman–Crippen MR) is 89.4 cm³/mol. The average molecular weight is 346 g/mol. The molecule has 1 N–H and O–H groups in total. The van der Waals surface area contributed by atoms with Crippen molar-refractivity contribution in [2.45, 2.75) is 64.7 Å². The van der Waals surface area contributed by atoms with Gasteiger partial charge in [0.05, 0.1) is 12.9 Å². The minimum atomic E-state index is -3.16. The van der Waals surface area contributed by atoms with Crippen molar-refractivity contribution in [3.63, 3.8) is 0 Å². The minimum absolute atomic E-state index is 0.0594. The molecule has 0 spiro atoms. The molecule has 0 amide bonds. The Morgan fingerprint density at radius 2 is 2.04 bits per heavy atom. The average Bonchev–Trinajstić information content (AvgIpc) is 2.47. The molecule has 5 nitrogen and oxygen atoms in total. The Morgan fingerprint density at radius 3 is 2.65 bits per heavy atom. The van der Waals surface area contributed by atoms with Crippen molar-refractivity contribution in [2.75, 3.05) is 19.5 Å². The highest BCUT2D eigenvalue weighted by Gasteiger charge is 2.57. The summed E-state index contributed by atoms with van der Waals surface area (Å²) in [6, 6.07) is 0.0673. The highest BCUT2D eigenvalue weighted by Crippen LogP contribution is 2.62. The molecular weight excluding hydrogens is 314 g/mol. The number of hydrogen-bond donors (Lipinski definition) is 1. The Balaban J connectivity index is 1.58. The lowest BCUT2D eigenvalue weighted by Crippen LogP contribution is -2.61. The fourth-order valence-electron chi connectivity index (χ4n) is 4.94. The van der Waals surface area contributed by atoms with Gasteiger partial charge in [0, 0.05) is 12.6 Å². The van der Waals surface area contributed by atoms with Crippen molar-refractivity contribution in [1.82, 2.24) is 4.72 Å². The summed E-state index contributed by atoms with van der Waals surface area (Å²) < 4.78 is 37.8. The van der Waals surface area contributed by atoms with Crippen molar-refractivity contribution >= 4 is 10.0 Å². The summed E-state index contributed by atoms with van der Waals surface area (Å²) in [6.07, 6.45) is 7.59. The summed E-state index contributed by atoms with van der Waals surface area (Å²) >= 11 is 0. The van der Waals surface area contributed by atoms with Crippen LogP contribution in [0.5, 0.6) is 0 Å². The Morgan fingerprint density at radius 1 is 1.26 bits per heavy atom. The molecule has 1 unspecified atom stereocenters. The largest absolute Gasteiger partial charge is 0.353 e. The van der Waals surface area contributed by atoms with E-state index in [9.17, 15) is 8.42 Å². The second-order valence-electron chi connectivity index (χ2n) is 8.21. The second-order valence-corrected chi connectivity index (χ2v) is 9.99. The Bertz CT molecular complexity index is 513. The molecule has 0 aromatic carbocycles. The molecule has 134 valence electrons. The fourth-order valence-corrected chi connectivity index (χ4v) is 5.76. The maximum atomic E-state index is 11.7. The third-order valence-electron chi connectivity index (χ3n) is 6.38. The standard InChI is InChI=1S/C17H31NO4S/c1-17(2)12-10-14(17)13(15(11-12)18-23(3,19)20)7-9-22-16-6-4-5-8-21-16/h12-16,18H,4-11H2,1-3H3/t12-,13+,14+,15+,16?/m1/s1. The molecule has 0 radical (unpaired) electrons. The van der Waals surface area contributed by atoms with Gasteiger partial charge in [-0.2, -0.15) is 0 Å². The molecule has 4 rings (SSSR count). The number of fused-ring (bicyclic) bond motifs is 2. The minimum Gasteiger partial charge on any atom is -0.353 e. The van der Waals surface area contributed by atoms with E-state index >= 15 is 0 Å². The number of ether oxygens (including phenoxy) is 2. The van der Waals surface area contributed by atoms with Gasteiger partial charge in [-0.1, -0.05) is 13.8 Å². The number of sulfonamides is 1. The molecule has 6 heteroatoms. The molecule has 1 aliphatic heterocycles. The van der Waals surface area contributed by atoms with E-state index in [1.165, 1.54) is 19.1 Å². The van der Waals surface area contributed by atoms with Crippen LogP contribution in [0.4, 0.5) is 0 Å². The number of nitrogens with one attached hydrogen (secondary N) is 1. The molecule has 5 atom stereocenters. The van der Waals surface area contributed by atoms with E-state index in [0.29, 0.717) is 29.8 Å². The maximum Gasteiger partial charge on any atom is 0.208 e. The predicted octanol–water partition coefficient (Wildman–Crippen LogP) is 2.52. The summed E-state index contributed by atoms with van der Waals surface area (Å²) in [7, 11) is -3.16. The SMILES string of the molecule is CC1(C)[C@H]2C[C@H](NS(C)(=O)=O)[C@@H](CCOC3CCCCO3)[C@@H]1C2. The fraction of sp³-hybridized carbons (Fsp3) is 1.00. The lowest BCUT2D eigenvalue weighted by molar-refractivity contribution is -0.173. The molecular formula is C17H31NO4S. The van der Waals surface area contributed by atoms with Crippen LogP contribution in [0.2, 0.25) is 0 Å². The van der Waals surface area contributed by atoms with Crippen LogP contribution in [-0.2, 0) is 19.5 Å².